The number of pyridine rings is 1. The number of para-hydroxylation sites is 1. The lowest BCUT2D eigenvalue weighted by Crippen LogP contribution is -2.36. The smallest absolute Gasteiger partial charge is 0.174 e. The molecule has 0 saturated heterocycles. The fourth-order valence-corrected chi connectivity index (χ4v) is 14.0. The van der Waals surface area contributed by atoms with Crippen molar-refractivity contribution in [1.82, 2.24) is 4.98 Å². The first-order valence-electron chi connectivity index (χ1n) is 28.7. The van der Waals surface area contributed by atoms with E-state index in [-0.39, 0.29) is 5.41 Å². The summed E-state index contributed by atoms with van der Waals surface area (Å²) in [6.45, 7) is 8.86. The summed E-state index contributed by atoms with van der Waals surface area (Å²) in [5.41, 5.74) is 27.2. The normalized spacial score (nSPS) is 13.7. The maximum absolute atomic E-state index is 6.67. The van der Waals surface area contributed by atoms with Gasteiger partial charge >= 0.3 is 0 Å². The Morgan fingerprint density at radius 3 is 1.25 bits per heavy atom. The van der Waals surface area contributed by atoms with Gasteiger partial charge in [-0.15, -0.1) is 0 Å². The number of fused-ring (bicyclic) bond motifs is 12. The zero-order valence-corrected chi connectivity index (χ0v) is 46.6. The quantitative estimate of drug-likeness (QED) is 0.152. The molecule has 0 unspecified atom stereocenters. The standard InChI is InChI=1S/C79H56N2O2/c1-49-36-70-76(82-49)77-71(37-50(2)83-77)79(70)67-34-19-20-35-74(67)81(75-48-68-65(47-69(75)79)64-32-17-18-33-66(64)78(68,3)4)63-31-21-30-55(44-63)60-45-72(61-40-56(51-22-9-5-10-23-51)38-57(41-61)52-24-11-6-12-25-52)80-73(46-60)62-42-58(53-26-13-7-14-27-53)39-59(43-62)54-28-15-8-16-29-54/h5-48H,1-4H3. The first-order valence-corrected chi connectivity index (χ1v) is 28.7. The number of benzene rings is 10. The first-order chi connectivity index (χ1) is 40.7. The molecule has 10 aromatic carbocycles. The lowest BCUT2D eigenvalue weighted by molar-refractivity contribution is 0.495. The number of aryl methyl sites for hydroxylation is 2. The molecule has 4 heterocycles. The van der Waals surface area contributed by atoms with Gasteiger partial charge in [0.15, 0.2) is 11.5 Å². The van der Waals surface area contributed by atoms with E-state index in [0.717, 1.165) is 129 Å². The third-order valence-electron chi connectivity index (χ3n) is 17.8. The van der Waals surface area contributed by atoms with Crippen molar-refractivity contribution in [3.63, 3.8) is 0 Å². The number of aromatic nitrogens is 1. The van der Waals surface area contributed by atoms with E-state index in [1.54, 1.807) is 0 Å². The van der Waals surface area contributed by atoms with Crippen LogP contribution in [0.25, 0.3) is 101 Å². The maximum atomic E-state index is 6.67. The predicted molar refractivity (Wildman–Crippen MR) is 339 cm³/mol. The monoisotopic (exact) mass is 1060 g/mol. The minimum absolute atomic E-state index is 0.247. The third-order valence-corrected chi connectivity index (χ3v) is 17.8. The predicted octanol–water partition coefficient (Wildman–Crippen LogP) is 21.0. The molecule has 0 amide bonds. The van der Waals surface area contributed by atoms with Gasteiger partial charge in [-0.2, -0.15) is 0 Å². The largest absolute Gasteiger partial charge is 0.458 e. The van der Waals surface area contributed by atoms with Crippen LogP contribution in [0, 0.1) is 13.8 Å². The van der Waals surface area contributed by atoms with Gasteiger partial charge in [-0.1, -0.05) is 190 Å². The molecule has 16 rings (SSSR count). The van der Waals surface area contributed by atoms with Gasteiger partial charge in [0.2, 0.25) is 0 Å². The highest BCUT2D eigenvalue weighted by atomic mass is 16.4. The molecule has 0 bridgehead atoms. The molecule has 13 aromatic rings. The van der Waals surface area contributed by atoms with Crippen molar-refractivity contribution >= 4 is 17.1 Å². The van der Waals surface area contributed by atoms with E-state index in [4.69, 9.17) is 13.8 Å². The summed E-state index contributed by atoms with van der Waals surface area (Å²) < 4.78 is 13.3. The van der Waals surface area contributed by atoms with Crippen molar-refractivity contribution in [1.29, 1.82) is 0 Å². The molecule has 394 valence electrons. The van der Waals surface area contributed by atoms with E-state index in [2.05, 4.69) is 300 Å². The van der Waals surface area contributed by atoms with E-state index in [9.17, 15) is 0 Å². The molecule has 3 aromatic heterocycles. The molecular weight excluding hydrogens is 1010 g/mol. The SMILES string of the molecule is Cc1cc2c(o1)-c1oc(C)cc1C21c2ccccc2N(c2cccc(-c3cc(-c4cc(-c5ccccc5)cc(-c5ccccc5)c4)nc(-c4cc(-c5ccccc5)cc(-c5ccccc5)c4)c3)c2)c2cc3c(cc21)-c1ccccc1C3(C)C. The van der Waals surface area contributed by atoms with Gasteiger partial charge in [0.1, 0.15) is 11.5 Å². The summed E-state index contributed by atoms with van der Waals surface area (Å²) in [6.07, 6.45) is 0. The molecule has 3 aliphatic rings. The average Bonchev–Trinajstić information content (AvgIpc) is 3.00. The molecule has 83 heavy (non-hydrogen) atoms. The Hall–Kier alpha value is -10.3. The number of furan rings is 2. The van der Waals surface area contributed by atoms with Crippen LogP contribution < -0.4 is 4.90 Å². The van der Waals surface area contributed by atoms with Gasteiger partial charge in [-0.3, -0.25) is 0 Å². The Balaban J connectivity index is 0.938. The lowest BCUT2D eigenvalue weighted by Gasteiger charge is -2.44. The highest BCUT2D eigenvalue weighted by Crippen LogP contribution is 2.66. The highest BCUT2D eigenvalue weighted by Gasteiger charge is 2.56. The second-order valence-electron chi connectivity index (χ2n) is 23.1. The molecule has 0 N–H and O–H groups in total. The Kier molecular flexibility index (Phi) is 10.9. The Labute approximate surface area is 484 Å². The minimum Gasteiger partial charge on any atom is -0.458 e. The van der Waals surface area contributed by atoms with Gasteiger partial charge in [0, 0.05) is 33.4 Å². The molecule has 1 spiro atoms. The number of nitrogens with zero attached hydrogens (tertiary/aromatic N) is 2. The summed E-state index contributed by atoms with van der Waals surface area (Å²) in [6, 6.07) is 97.8. The van der Waals surface area contributed by atoms with E-state index in [1.807, 2.05) is 0 Å². The minimum atomic E-state index is -0.717. The number of anilines is 3. The second kappa shape index (κ2) is 18.6. The molecular formula is C79H56N2O2. The summed E-state index contributed by atoms with van der Waals surface area (Å²) in [7, 11) is 0. The van der Waals surface area contributed by atoms with Crippen LogP contribution in [0.2, 0.25) is 0 Å². The molecule has 0 atom stereocenters. The van der Waals surface area contributed by atoms with Crippen LogP contribution in [0.15, 0.2) is 276 Å². The molecule has 0 saturated carbocycles. The number of rotatable bonds is 8. The van der Waals surface area contributed by atoms with Crippen molar-refractivity contribution < 1.29 is 8.83 Å². The molecule has 2 aliphatic carbocycles. The molecule has 0 fully saturated rings. The van der Waals surface area contributed by atoms with E-state index in [0.29, 0.717) is 0 Å². The van der Waals surface area contributed by atoms with Crippen LogP contribution >= 0.6 is 0 Å². The number of hydrogen-bond donors (Lipinski definition) is 0. The fourth-order valence-electron chi connectivity index (χ4n) is 14.0. The summed E-state index contributed by atoms with van der Waals surface area (Å²) in [4.78, 5) is 8.25. The number of hydrogen-bond acceptors (Lipinski definition) is 4. The topological polar surface area (TPSA) is 42.4 Å². The summed E-state index contributed by atoms with van der Waals surface area (Å²) in [5, 5.41) is 0. The summed E-state index contributed by atoms with van der Waals surface area (Å²) in [5.74, 6) is 3.33. The summed E-state index contributed by atoms with van der Waals surface area (Å²) >= 11 is 0. The fraction of sp³-hybridized carbons (Fsp3) is 0.0759. The molecule has 4 nitrogen and oxygen atoms in total. The highest BCUT2D eigenvalue weighted by molar-refractivity contribution is 5.98. The van der Waals surface area contributed by atoms with Crippen molar-refractivity contribution in [3.8, 4) is 101 Å². The van der Waals surface area contributed by atoms with Crippen molar-refractivity contribution in [2.75, 3.05) is 4.90 Å². The average molecular weight is 1070 g/mol. The van der Waals surface area contributed by atoms with Crippen LogP contribution in [0.1, 0.15) is 58.7 Å². The first kappa shape index (κ1) is 48.6. The second-order valence-corrected chi connectivity index (χ2v) is 23.1. The van der Waals surface area contributed by atoms with Crippen LogP contribution in [-0.2, 0) is 10.8 Å². The molecule has 4 heteroatoms. The zero-order valence-electron chi connectivity index (χ0n) is 46.6. The van der Waals surface area contributed by atoms with E-state index < -0.39 is 5.41 Å². The lowest BCUT2D eigenvalue weighted by atomic mass is 9.64. The Morgan fingerprint density at radius 2 is 0.735 bits per heavy atom. The molecule has 1 aliphatic heterocycles. The van der Waals surface area contributed by atoms with E-state index in [1.165, 1.54) is 33.4 Å². The van der Waals surface area contributed by atoms with Gasteiger partial charge < -0.3 is 13.7 Å². The van der Waals surface area contributed by atoms with E-state index >= 15 is 0 Å². The van der Waals surface area contributed by atoms with Gasteiger partial charge in [-0.25, -0.2) is 4.98 Å². The Morgan fingerprint density at radius 1 is 0.301 bits per heavy atom. The van der Waals surface area contributed by atoms with Gasteiger partial charge in [0.25, 0.3) is 0 Å². The third kappa shape index (κ3) is 7.63. The van der Waals surface area contributed by atoms with Gasteiger partial charge in [0.05, 0.1) is 28.2 Å². The van der Waals surface area contributed by atoms with Crippen molar-refractivity contribution in [2.45, 2.75) is 38.5 Å². The van der Waals surface area contributed by atoms with Gasteiger partial charge in [-0.05, 0) is 194 Å². The molecule has 0 radical (unpaired) electrons. The van der Waals surface area contributed by atoms with Crippen LogP contribution in [0.5, 0.6) is 0 Å². The van der Waals surface area contributed by atoms with Crippen LogP contribution in [0.4, 0.5) is 17.1 Å². The van der Waals surface area contributed by atoms with Crippen LogP contribution in [0.3, 0.4) is 0 Å². The van der Waals surface area contributed by atoms with Crippen molar-refractivity contribution in [3.05, 3.63) is 312 Å². The maximum Gasteiger partial charge on any atom is 0.174 e. The van der Waals surface area contributed by atoms with Crippen LogP contribution in [-0.4, -0.2) is 4.98 Å². The Bertz CT molecular complexity index is 4410. The van der Waals surface area contributed by atoms with Crippen molar-refractivity contribution in [2.24, 2.45) is 0 Å². The zero-order chi connectivity index (χ0) is 55.6.